The first kappa shape index (κ1) is 20.1. The third-order valence-electron chi connectivity index (χ3n) is 3.94. The van der Waals surface area contributed by atoms with Crippen LogP contribution in [0.15, 0.2) is 79.0 Å². The number of para-hydroxylation sites is 1. The van der Waals surface area contributed by atoms with Crippen molar-refractivity contribution in [2.24, 2.45) is 0 Å². The predicted molar refractivity (Wildman–Crippen MR) is 116 cm³/mol. The fraction of sp³-hybridized carbons (Fsp3) is 0.0870. The Balaban J connectivity index is 1.72. The van der Waals surface area contributed by atoms with Gasteiger partial charge in [-0.3, -0.25) is 10.1 Å². The van der Waals surface area contributed by atoms with Crippen molar-refractivity contribution in [1.82, 2.24) is 4.98 Å². The number of benzene rings is 2. The summed E-state index contributed by atoms with van der Waals surface area (Å²) in [5.41, 5.74) is 1.78. The van der Waals surface area contributed by atoms with Gasteiger partial charge in [0.15, 0.2) is 5.13 Å². The highest BCUT2D eigenvalue weighted by atomic mass is 32.1. The predicted octanol–water partition coefficient (Wildman–Crippen LogP) is 4.84. The van der Waals surface area contributed by atoms with Gasteiger partial charge < -0.3 is 4.74 Å². The van der Waals surface area contributed by atoms with E-state index in [9.17, 15) is 10.1 Å². The number of nitriles is 1. The first-order chi connectivity index (χ1) is 14.2. The SMILES string of the molecule is C=CCOc1ccccc1C=C(C#N)C(=O)Nc1ncc(Cc2ccccc2)s1. The molecule has 1 N–H and O–H groups in total. The lowest BCUT2D eigenvalue weighted by atomic mass is 10.1. The lowest BCUT2D eigenvalue weighted by Gasteiger charge is -2.07. The molecule has 0 spiro atoms. The lowest BCUT2D eigenvalue weighted by Crippen LogP contribution is -2.13. The minimum absolute atomic E-state index is 0.0283. The van der Waals surface area contributed by atoms with Gasteiger partial charge in [-0.1, -0.05) is 61.2 Å². The van der Waals surface area contributed by atoms with Gasteiger partial charge in [0.25, 0.3) is 5.91 Å². The molecule has 1 heterocycles. The van der Waals surface area contributed by atoms with E-state index >= 15 is 0 Å². The van der Waals surface area contributed by atoms with Crippen molar-refractivity contribution >= 4 is 28.5 Å². The number of thiazole rings is 1. The van der Waals surface area contributed by atoms with Gasteiger partial charge in [-0.05, 0) is 17.7 Å². The van der Waals surface area contributed by atoms with Crippen LogP contribution in [0.1, 0.15) is 16.0 Å². The van der Waals surface area contributed by atoms with Crippen molar-refractivity contribution in [3.63, 3.8) is 0 Å². The fourth-order valence-corrected chi connectivity index (χ4v) is 3.43. The molecule has 3 aromatic rings. The zero-order valence-corrected chi connectivity index (χ0v) is 16.5. The molecule has 0 aliphatic carbocycles. The van der Waals surface area contributed by atoms with Gasteiger partial charge in [0.05, 0.1) is 0 Å². The Bertz CT molecular complexity index is 1060. The highest BCUT2D eigenvalue weighted by Gasteiger charge is 2.13. The first-order valence-electron chi connectivity index (χ1n) is 8.94. The summed E-state index contributed by atoms with van der Waals surface area (Å²) in [6, 6.07) is 19.2. The minimum Gasteiger partial charge on any atom is -0.489 e. The lowest BCUT2D eigenvalue weighted by molar-refractivity contribution is -0.112. The number of hydrogen-bond donors (Lipinski definition) is 1. The van der Waals surface area contributed by atoms with Crippen LogP contribution in [0.4, 0.5) is 5.13 Å². The average molecular weight is 401 g/mol. The number of carbonyl (C=O) groups is 1. The molecule has 0 saturated carbocycles. The zero-order valence-electron chi connectivity index (χ0n) is 15.7. The molecule has 6 heteroatoms. The normalized spacial score (nSPS) is 10.8. The number of aromatic nitrogens is 1. The van der Waals surface area contributed by atoms with Crippen LogP contribution in [0, 0.1) is 11.3 Å². The Hall–Kier alpha value is -3.69. The summed E-state index contributed by atoms with van der Waals surface area (Å²) >= 11 is 1.39. The summed E-state index contributed by atoms with van der Waals surface area (Å²) in [6.45, 7) is 3.96. The number of rotatable bonds is 8. The van der Waals surface area contributed by atoms with E-state index in [1.165, 1.54) is 23.0 Å². The standard InChI is InChI=1S/C23H19N3O2S/c1-2-12-28-21-11-7-6-10-18(21)14-19(15-24)22(27)26-23-25-16-20(29-23)13-17-8-4-3-5-9-17/h2-11,14,16H,1,12-13H2,(H,25,26,27). The number of ether oxygens (including phenoxy) is 1. The maximum Gasteiger partial charge on any atom is 0.268 e. The summed E-state index contributed by atoms with van der Waals surface area (Å²) in [4.78, 5) is 17.8. The van der Waals surface area contributed by atoms with E-state index in [4.69, 9.17) is 4.74 Å². The highest BCUT2D eigenvalue weighted by Crippen LogP contribution is 2.24. The Morgan fingerprint density at radius 1 is 1.21 bits per heavy atom. The summed E-state index contributed by atoms with van der Waals surface area (Å²) in [5, 5.41) is 12.6. The molecule has 3 rings (SSSR count). The molecule has 0 bridgehead atoms. The molecule has 0 fully saturated rings. The number of carbonyl (C=O) groups excluding carboxylic acids is 1. The molecule has 0 saturated heterocycles. The summed E-state index contributed by atoms with van der Waals surface area (Å²) < 4.78 is 5.58. The molecule has 0 radical (unpaired) electrons. The van der Waals surface area contributed by atoms with Crippen molar-refractivity contribution in [2.75, 3.05) is 11.9 Å². The van der Waals surface area contributed by atoms with Gasteiger partial charge >= 0.3 is 0 Å². The van der Waals surface area contributed by atoms with Crippen LogP contribution in [0.2, 0.25) is 0 Å². The van der Waals surface area contributed by atoms with Gasteiger partial charge in [-0.15, -0.1) is 11.3 Å². The molecule has 5 nitrogen and oxygen atoms in total. The molecular formula is C23H19N3O2S. The monoisotopic (exact) mass is 401 g/mol. The van der Waals surface area contributed by atoms with Crippen LogP contribution in [0.25, 0.3) is 6.08 Å². The van der Waals surface area contributed by atoms with E-state index in [-0.39, 0.29) is 5.57 Å². The number of hydrogen-bond acceptors (Lipinski definition) is 5. The van der Waals surface area contributed by atoms with Crippen molar-refractivity contribution in [3.8, 4) is 11.8 Å². The topological polar surface area (TPSA) is 75.0 Å². The maximum absolute atomic E-state index is 12.5. The molecule has 0 atom stereocenters. The van der Waals surface area contributed by atoms with Gasteiger partial charge in [-0.25, -0.2) is 4.98 Å². The second kappa shape index (κ2) is 10.0. The van der Waals surface area contributed by atoms with Crippen molar-refractivity contribution in [2.45, 2.75) is 6.42 Å². The largest absolute Gasteiger partial charge is 0.489 e. The molecule has 144 valence electrons. The number of nitrogens with zero attached hydrogens (tertiary/aromatic N) is 2. The van der Waals surface area contributed by atoms with Crippen molar-refractivity contribution in [1.29, 1.82) is 5.26 Å². The van der Waals surface area contributed by atoms with E-state index < -0.39 is 5.91 Å². The highest BCUT2D eigenvalue weighted by molar-refractivity contribution is 7.15. The van der Waals surface area contributed by atoms with E-state index in [2.05, 4.69) is 16.9 Å². The quantitative estimate of drug-likeness (QED) is 0.333. The third-order valence-corrected chi connectivity index (χ3v) is 4.85. The summed E-state index contributed by atoms with van der Waals surface area (Å²) in [5.74, 6) is 0.0685. The number of anilines is 1. The molecule has 0 unspecified atom stereocenters. The van der Waals surface area contributed by atoms with Crippen LogP contribution in [0.3, 0.4) is 0 Å². The number of amides is 1. The fourth-order valence-electron chi connectivity index (χ4n) is 2.59. The van der Waals surface area contributed by atoms with E-state index in [0.717, 1.165) is 11.3 Å². The van der Waals surface area contributed by atoms with Crippen LogP contribution in [-0.4, -0.2) is 17.5 Å². The van der Waals surface area contributed by atoms with Crippen LogP contribution in [0.5, 0.6) is 5.75 Å². The van der Waals surface area contributed by atoms with E-state index in [0.29, 0.717) is 23.1 Å². The third kappa shape index (κ3) is 5.64. The first-order valence-corrected chi connectivity index (χ1v) is 9.75. The van der Waals surface area contributed by atoms with Gasteiger partial charge in [-0.2, -0.15) is 5.26 Å². The van der Waals surface area contributed by atoms with Crippen LogP contribution >= 0.6 is 11.3 Å². The van der Waals surface area contributed by atoms with Crippen LogP contribution in [-0.2, 0) is 11.2 Å². The van der Waals surface area contributed by atoms with E-state index in [1.807, 2.05) is 48.5 Å². The number of nitrogens with one attached hydrogen (secondary N) is 1. The maximum atomic E-state index is 12.5. The Morgan fingerprint density at radius 3 is 2.72 bits per heavy atom. The zero-order chi connectivity index (χ0) is 20.5. The molecule has 29 heavy (non-hydrogen) atoms. The molecular weight excluding hydrogens is 382 g/mol. The average Bonchev–Trinajstić information content (AvgIpc) is 3.18. The van der Waals surface area contributed by atoms with Crippen molar-refractivity contribution < 1.29 is 9.53 Å². The molecule has 0 aliphatic heterocycles. The Labute approximate surface area is 173 Å². The Morgan fingerprint density at radius 2 is 1.97 bits per heavy atom. The molecule has 2 aromatic carbocycles. The van der Waals surface area contributed by atoms with Crippen LogP contribution < -0.4 is 10.1 Å². The summed E-state index contributed by atoms with van der Waals surface area (Å²) in [6.07, 6.45) is 5.62. The Kier molecular flexibility index (Phi) is 6.93. The molecule has 0 aliphatic rings. The summed E-state index contributed by atoms with van der Waals surface area (Å²) in [7, 11) is 0. The van der Waals surface area contributed by atoms with Gasteiger partial charge in [0.2, 0.25) is 0 Å². The second-order valence-corrected chi connectivity index (χ2v) is 7.17. The van der Waals surface area contributed by atoms with E-state index in [1.54, 1.807) is 24.4 Å². The smallest absolute Gasteiger partial charge is 0.268 e. The van der Waals surface area contributed by atoms with Gasteiger partial charge in [0.1, 0.15) is 24.0 Å². The second-order valence-electron chi connectivity index (χ2n) is 6.06. The minimum atomic E-state index is -0.508. The molecule has 1 aromatic heterocycles. The molecule has 1 amide bonds. The van der Waals surface area contributed by atoms with Gasteiger partial charge in [0, 0.05) is 23.1 Å². The van der Waals surface area contributed by atoms with Crippen molar-refractivity contribution in [3.05, 3.63) is 95.0 Å².